The molecule has 270 valence electrons. The van der Waals surface area contributed by atoms with Crippen molar-refractivity contribution in [3.63, 3.8) is 0 Å². The molecular weight excluding hydrogens is 671 g/mol. The van der Waals surface area contributed by atoms with Crippen LogP contribution >= 0.6 is 11.6 Å². The monoisotopic (exact) mass is 716 g/mol. The van der Waals surface area contributed by atoms with Crippen molar-refractivity contribution in [1.82, 2.24) is 25.0 Å². The summed E-state index contributed by atoms with van der Waals surface area (Å²) in [7, 11) is 3.40. The fourth-order valence-corrected chi connectivity index (χ4v) is 8.50. The average Bonchev–Trinajstić information content (AvgIpc) is 3.62. The Morgan fingerprint density at radius 2 is 1.71 bits per heavy atom. The summed E-state index contributed by atoms with van der Waals surface area (Å²) in [6.07, 6.45) is 11.7. The topological polar surface area (TPSA) is 113 Å². The first kappa shape index (κ1) is 35.2. The number of carbonyl (C=O) groups excluding carboxylic acids is 2. The first-order valence-electron chi connectivity index (χ1n) is 18.2. The van der Waals surface area contributed by atoms with Gasteiger partial charge in [0.25, 0.3) is 5.56 Å². The van der Waals surface area contributed by atoms with E-state index in [0.717, 1.165) is 91.8 Å². The van der Waals surface area contributed by atoms with Crippen LogP contribution in [0.4, 0.5) is 10.1 Å². The molecule has 0 radical (unpaired) electrons. The van der Waals surface area contributed by atoms with E-state index in [1.54, 1.807) is 31.0 Å². The van der Waals surface area contributed by atoms with E-state index in [2.05, 4.69) is 25.3 Å². The van der Waals surface area contributed by atoms with Crippen LogP contribution in [0, 0.1) is 23.6 Å². The van der Waals surface area contributed by atoms with E-state index < -0.39 is 0 Å². The maximum absolute atomic E-state index is 15.2. The van der Waals surface area contributed by atoms with Gasteiger partial charge in [0.15, 0.2) is 0 Å². The van der Waals surface area contributed by atoms with Crippen molar-refractivity contribution in [3.8, 4) is 16.9 Å². The minimum Gasteiger partial charge on any atom is -0.496 e. The average molecular weight is 717 g/mol. The smallest absolute Gasteiger partial charge is 0.276 e. The number of nitrogens with one attached hydrogen (secondary N) is 2. The van der Waals surface area contributed by atoms with Crippen molar-refractivity contribution in [2.75, 3.05) is 38.2 Å². The lowest BCUT2D eigenvalue weighted by Crippen LogP contribution is -2.41. The number of hydrogen-bond donors (Lipinski definition) is 2. The number of benzene rings is 2. The molecule has 0 spiro atoms. The van der Waals surface area contributed by atoms with Crippen molar-refractivity contribution >= 4 is 40.0 Å². The number of imide groups is 1. The number of likely N-dealkylation sites (tertiary alicyclic amines) is 1. The zero-order valence-corrected chi connectivity index (χ0v) is 30.1. The van der Waals surface area contributed by atoms with Crippen molar-refractivity contribution in [1.29, 1.82) is 0 Å². The summed E-state index contributed by atoms with van der Waals surface area (Å²) in [6.45, 7) is 4.45. The van der Waals surface area contributed by atoms with E-state index in [4.69, 9.17) is 16.3 Å². The number of methoxy groups -OCH3 is 1. The maximum atomic E-state index is 15.2. The molecular formula is C39H46ClFN6O4. The molecule has 10 nitrogen and oxygen atoms in total. The third-order valence-electron chi connectivity index (χ3n) is 11.3. The van der Waals surface area contributed by atoms with Crippen LogP contribution in [-0.2, 0) is 29.6 Å². The molecule has 0 aliphatic carbocycles. The van der Waals surface area contributed by atoms with Crippen molar-refractivity contribution in [2.45, 2.75) is 64.3 Å². The first-order chi connectivity index (χ1) is 24.7. The molecule has 5 heterocycles. The van der Waals surface area contributed by atoms with E-state index in [-0.39, 0.29) is 29.1 Å². The number of rotatable bonds is 10. The molecule has 0 saturated carbocycles. The van der Waals surface area contributed by atoms with Gasteiger partial charge in [0.1, 0.15) is 17.1 Å². The number of aryl methyl sites for hydroxylation is 1. The Hall–Kier alpha value is -4.22. The van der Waals surface area contributed by atoms with Crippen LogP contribution in [0.1, 0.15) is 62.5 Å². The number of amides is 2. The van der Waals surface area contributed by atoms with E-state index in [1.807, 2.05) is 30.5 Å². The first-order valence-corrected chi connectivity index (χ1v) is 18.5. The number of ether oxygens (including phenoxy) is 1. The standard InChI is InChI=1S/C39H46ClFN6O4/c1-45-22-30(29-21-42-44-37(29)39(45)50)28-19-32(40)31(35(20-28)51-2)23-46-13-9-24(10-14-46)3-4-25-11-15-47(16-12-25)34-7-5-26(18-33(34)41)17-27-6-8-36(48)43-38(27)49/h5,7,18-22,24-25,27H,3-4,6,8-17,23H2,1-2H3,(H,42,44)(H,43,48,49). The zero-order chi connectivity index (χ0) is 35.6. The molecule has 2 N–H and O–H groups in total. The Kier molecular flexibility index (Phi) is 10.5. The number of halogens is 2. The molecule has 2 aromatic heterocycles. The molecule has 12 heteroatoms. The van der Waals surface area contributed by atoms with E-state index >= 15 is 4.39 Å². The summed E-state index contributed by atoms with van der Waals surface area (Å²) in [6, 6.07) is 9.29. The maximum Gasteiger partial charge on any atom is 0.276 e. The largest absolute Gasteiger partial charge is 0.496 e. The SMILES string of the molecule is COc1cc(-c2cn(C)c(=O)c3[nH]ncc23)cc(Cl)c1CN1CCC(CCC2CCN(c3ccc(CC4CCC(=O)NC4=O)cc3F)CC2)CC1. The molecule has 1 unspecified atom stereocenters. The number of hydrogen-bond acceptors (Lipinski definition) is 7. The highest BCUT2D eigenvalue weighted by molar-refractivity contribution is 6.32. The molecule has 3 saturated heterocycles. The Bertz CT molecular complexity index is 1980. The number of nitrogens with zero attached hydrogens (tertiary/aromatic N) is 4. The van der Waals surface area contributed by atoms with Crippen molar-refractivity contribution < 1.29 is 18.7 Å². The zero-order valence-electron chi connectivity index (χ0n) is 29.4. The van der Waals surface area contributed by atoms with Gasteiger partial charge in [0.2, 0.25) is 11.8 Å². The van der Waals surface area contributed by atoms with Gasteiger partial charge in [-0.05, 0) is 98.8 Å². The molecule has 3 aliphatic rings. The van der Waals surface area contributed by atoms with Gasteiger partial charge in [0.05, 0.1) is 19.0 Å². The Morgan fingerprint density at radius 3 is 2.39 bits per heavy atom. The number of anilines is 1. The second kappa shape index (κ2) is 15.2. The lowest BCUT2D eigenvalue weighted by Gasteiger charge is -2.36. The summed E-state index contributed by atoms with van der Waals surface area (Å²) in [5.74, 6) is 1.09. The summed E-state index contributed by atoms with van der Waals surface area (Å²) < 4.78 is 22.6. The van der Waals surface area contributed by atoms with Crippen LogP contribution in [0.15, 0.2) is 47.5 Å². The number of fused-ring (bicyclic) bond motifs is 1. The third-order valence-corrected chi connectivity index (χ3v) is 11.7. The van der Waals surface area contributed by atoms with E-state index in [0.29, 0.717) is 47.3 Å². The van der Waals surface area contributed by atoms with Gasteiger partial charge in [0, 0.05) is 66.8 Å². The molecule has 1 atom stereocenters. The van der Waals surface area contributed by atoms with Crippen LogP contribution < -0.4 is 20.5 Å². The summed E-state index contributed by atoms with van der Waals surface area (Å²) in [5.41, 5.74) is 4.48. The van der Waals surface area contributed by atoms with Gasteiger partial charge in [-0.25, -0.2) is 4.39 Å². The Labute approximate surface area is 302 Å². The second-order valence-electron chi connectivity index (χ2n) is 14.6. The molecule has 2 aromatic carbocycles. The molecule has 2 amide bonds. The Morgan fingerprint density at radius 1 is 0.980 bits per heavy atom. The van der Waals surface area contributed by atoms with Gasteiger partial charge in [-0.1, -0.05) is 30.5 Å². The lowest BCUT2D eigenvalue weighted by atomic mass is 9.85. The number of piperidine rings is 3. The van der Waals surface area contributed by atoms with Crippen LogP contribution in [0.25, 0.3) is 22.0 Å². The highest BCUT2D eigenvalue weighted by Crippen LogP contribution is 2.37. The number of aromatic nitrogens is 3. The minimum atomic E-state index is -0.286. The van der Waals surface area contributed by atoms with Gasteiger partial charge >= 0.3 is 0 Å². The van der Waals surface area contributed by atoms with E-state index in [9.17, 15) is 14.4 Å². The van der Waals surface area contributed by atoms with E-state index in [1.165, 1.54) is 12.8 Å². The van der Waals surface area contributed by atoms with Gasteiger partial charge < -0.3 is 14.2 Å². The van der Waals surface area contributed by atoms with Gasteiger partial charge in [-0.2, -0.15) is 5.10 Å². The number of aromatic amines is 1. The quantitative estimate of drug-likeness (QED) is 0.187. The van der Waals surface area contributed by atoms with Crippen LogP contribution in [0.2, 0.25) is 5.02 Å². The molecule has 3 aliphatic heterocycles. The predicted molar refractivity (Wildman–Crippen MR) is 196 cm³/mol. The third kappa shape index (κ3) is 7.70. The molecule has 3 fully saturated rings. The molecule has 0 bridgehead atoms. The fourth-order valence-electron chi connectivity index (χ4n) is 8.23. The second-order valence-corrected chi connectivity index (χ2v) is 15.0. The van der Waals surface area contributed by atoms with Crippen molar-refractivity contribution in [2.24, 2.45) is 24.8 Å². The van der Waals surface area contributed by atoms with Crippen molar-refractivity contribution in [3.05, 3.63) is 75.0 Å². The van der Waals surface area contributed by atoms with Crippen LogP contribution in [-0.4, -0.2) is 64.8 Å². The Balaban J connectivity index is 0.876. The lowest BCUT2D eigenvalue weighted by molar-refractivity contribution is -0.136. The summed E-state index contributed by atoms with van der Waals surface area (Å²) in [4.78, 5) is 40.7. The van der Waals surface area contributed by atoms with Gasteiger partial charge in [-0.15, -0.1) is 0 Å². The highest BCUT2D eigenvalue weighted by Gasteiger charge is 2.28. The molecule has 7 rings (SSSR count). The number of pyridine rings is 1. The fraction of sp³-hybridized carbons (Fsp3) is 0.487. The molecule has 4 aromatic rings. The molecule has 51 heavy (non-hydrogen) atoms. The van der Waals surface area contributed by atoms with Crippen LogP contribution in [0.3, 0.4) is 0 Å². The predicted octanol–water partition coefficient (Wildman–Crippen LogP) is 6.23. The van der Waals surface area contributed by atoms with Gasteiger partial charge in [-0.3, -0.25) is 29.7 Å². The highest BCUT2D eigenvalue weighted by atomic mass is 35.5. The normalized spacial score (nSPS) is 19.5. The number of H-pyrrole nitrogens is 1. The summed E-state index contributed by atoms with van der Waals surface area (Å²) in [5, 5.41) is 10.7. The number of carbonyl (C=O) groups is 2. The minimum absolute atomic E-state index is 0.129. The summed E-state index contributed by atoms with van der Waals surface area (Å²) >= 11 is 6.91. The van der Waals surface area contributed by atoms with Crippen LogP contribution in [0.5, 0.6) is 5.75 Å².